The Morgan fingerprint density at radius 3 is 2.81 bits per heavy atom. The monoisotopic (exact) mass is 387 g/mol. The van der Waals surface area contributed by atoms with Crippen molar-refractivity contribution in [2.24, 2.45) is 0 Å². The van der Waals surface area contributed by atoms with E-state index < -0.39 is 42.2 Å². The van der Waals surface area contributed by atoms with Crippen LogP contribution < -0.4 is 10.6 Å². The summed E-state index contributed by atoms with van der Waals surface area (Å²) in [7, 11) is 0. The number of rotatable bonds is 3. The minimum Gasteiger partial charge on any atom is -0.322 e. The van der Waals surface area contributed by atoms with Crippen LogP contribution in [0.5, 0.6) is 0 Å². The molecule has 138 valence electrons. The van der Waals surface area contributed by atoms with E-state index in [1.54, 1.807) is 0 Å². The lowest BCUT2D eigenvalue weighted by atomic mass is 10.0. The fourth-order valence-corrected chi connectivity index (χ4v) is 3.32. The molecule has 0 aliphatic carbocycles. The smallest absolute Gasteiger partial charge is 0.322 e. The van der Waals surface area contributed by atoms with Gasteiger partial charge in [-0.05, 0) is 12.5 Å². The fraction of sp³-hybridized carbons (Fsp3) is 0.333. The van der Waals surface area contributed by atoms with Crippen LogP contribution in [0.15, 0.2) is 6.07 Å². The summed E-state index contributed by atoms with van der Waals surface area (Å²) >= 11 is 6.11. The van der Waals surface area contributed by atoms with Crippen LogP contribution in [-0.4, -0.2) is 34.8 Å². The Bertz CT molecular complexity index is 832. The third kappa shape index (κ3) is 3.07. The van der Waals surface area contributed by atoms with Gasteiger partial charge in [-0.3, -0.25) is 19.7 Å². The van der Waals surface area contributed by atoms with E-state index >= 15 is 0 Å². The molecule has 0 spiro atoms. The minimum atomic E-state index is -1.42. The van der Waals surface area contributed by atoms with Crippen molar-refractivity contribution in [3.8, 4) is 0 Å². The Balaban J connectivity index is 1.89. The Labute approximate surface area is 150 Å². The molecule has 1 aromatic rings. The molecule has 0 bridgehead atoms. The van der Waals surface area contributed by atoms with Gasteiger partial charge in [-0.2, -0.15) is 0 Å². The number of hydrogen-bond donors (Lipinski definition) is 2. The Morgan fingerprint density at radius 1 is 1.42 bits per heavy atom. The highest BCUT2D eigenvalue weighted by atomic mass is 35.5. The number of amides is 4. The largest absolute Gasteiger partial charge is 0.445 e. The lowest BCUT2D eigenvalue weighted by Crippen LogP contribution is -2.52. The first-order valence-corrected chi connectivity index (χ1v) is 7.92. The Hall–Kier alpha value is -2.75. The number of nitrogens with one attached hydrogen (secondary N) is 2. The predicted octanol–water partition coefficient (Wildman–Crippen LogP) is 1.35. The maximum absolute atomic E-state index is 14.7. The van der Waals surface area contributed by atoms with Crippen molar-refractivity contribution in [3.05, 3.63) is 33.6 Å². The van der Waals surface area contributed by atoms with Crippen LogP contribution in [0.2, 0.25) is 5.02 Å². The number of carbonyl (C=O) groups is 4. The second kappa shape index (κ2) is 6.87. The van der Waals surface area contributed by atoms with Gasteiger partial charge in [0.15, 0.2) is 0 Å². The number of halogens is 3. The lowest BCUT2D eigenvalue weighted by Gasteiger charge is -2.29. The second-order valence-corrected chi connectivity index (χ2v) is 6.21. The average molecular weight is 388 g/mol. The van der Waals surface area contributed by atoms with E-state index in [4.69, 9.17) is 11.6 Å². The van der Waals surface area contributed by atoms with Gasteiger partial charge in [0.05, 0.1) is 5.56 Å². The summed E-state index contributed by atoms with van der Waals surface area (Å²) in [6, 6.07) is 0.293. The van der Waals surface area contributed by atoms with Gasteiger partial charge in [-0.15, -0.1) is 0 Å². The van der Waals surface area contributed by atoms with Crippen molar-refractivity contribution in [1.82, 2.24) is 15.5 Å². The van der Waals surface area contributed by atoms with E-state index in [1.165, 1.54) is 6.07 Å². The number of imide groups is 1. The van der Waals surface area contributed by atoms with Gasteiger partial charge < -0.3 is 10.2 Å². The first-order chi connectivity index (χ1) is 12.3. The zero-order valence-corrected chi connectivity index (χ0v) is 13.9. The maximum Gasteiger partial charge on any atom is 0.445 e. The molecule has 1 atom stereocenters. The molecule has 3 rings (SSSR count). The minimum absolute atomic E-state index is 0.0628. The lowest BCUT2D eigenvalue weighted by molar-refractivity contribution is -0.136. The first-order valence-electron chi connectivity index (χ1n) is 7.54. The van der Waals surface area contributed by atoms with E-state index in [1.807, 2.05) is 5.32 Å². The zero-order chi connectivity index (χ0) is 19.0. The summed E-state index contributed by atoms with van der Waals surface area (Å²) in [6.45, 7) is -0.538. The van der Waals surface area contributed by atoms with Crippen molar-refractivity contribution in [2.75, 3.05) is 0 Å². The van der Waals surface area contributed by atoms with Gasteiger partial charge in [0.2, 0.25) is 11.8 Å². The molecular weight excluding hydrogens is 376 g/mol. The number of benzene rings is 1. The quantitative estimate of drug-likeness (QED) is 0.762. The summed E-state index contributed by atoms with van der Waals surface area (Å²) in [6.07, 6.45) is -1.23. The molecule has 0 saturated carbocycles. The summed E-state index contributed by atoms with van der Waals surface area (Å²) in [5.41, 5.74) is -0.249. The number of piperidine rings is 1. The van der Waals surface area contributed by atoms with Crippen LogP contribution in [0.25, 0.3) is 0 Å². The number of carbonyl (C=O) groups excluding carboxylic acids is 4. The van der Waals surface area contributed by atoms with E-state index in [-0.39, 0.29) is 41.1 Å². The van der Waals surface area contributed by atoms with Crippen molar-refractivity contribution in [1.29, 1.82) is 0 Å². The molecule has 11 heteroatoms. The maximum atomic E-state index is 14.7. The van der Waals surface area contributed by atoms with Gasteiger partial charge in [0.25, 0.3) is 5.91 Å². The molecular formula is C15H12ClF2N3O5. The van der Waals surface area contributed by atoms with E-state index in [2.05, 4.69) is 10.3 Å². The molecule has 2 aliphatic rings. The van der Waals surface area contributed by atoms with Crippen molar-refractivity contribution < 1.29 is 33.0 Å². The molecule has 4 amide bonds. The van der Waals surface area contributed by atoms with Crippen LogP contribution in [0.3, 0.4) is 0 Å². The normalized spacial score (nSPS) is 19.3. The summed E-state index contributed by atoms with van der Waals surface area (Å²) in [5.74, 6) is -2.74. The summed E-state index contributed by atoms with van der Waals surface area (Å²) in [5, 5.41) is 4.15. The van der Waals surface area contributed by atoms with Crippen molar-refractivity contribution in [2.45, 2.75) is 32.0 Å². The van der Waals surface area contributed by atoms with Gasteiger partial charge in [0, 0.05) is 40.2 Å². The Morgan fingerprint density at radius 2 is 2.15 bits per heavy atom. The fourth-order valence-electron chi connectivity index (χ4n) is 3.03. The summed E-state index contributed by atoms with van der Waals surface area (Å²) < 4.78 is 26.4. The average Bonchev–Trinajstić information content (AvgIpc) is 2.94. The molecule has 0 aromatic heterocycles. The van der Waals surface area contributed by atoms with E-state index in [9.17, 15) is 28.1 Å². The van der Waals surface area contributed by atoms with Gasteiger partial charge in [-0.25, -0.2) is 14.1 Å². The summed E-state index contributed by atoms with van der Waals surface area (Å²) in [4.78, 5) is 50.7. The molecule has 1 fully saturated rings. The van der Waals surface area contributed by atoms with Crippen molar-refractivity contribution in [3.63, 3.8) is 0 Å². The van der Waals surface area contributed by atoms with Crippen LogP contribution in [0, 0.1) is 5.82 Å². The van der Waals surface area contributed by atoms with Gasteiger partial charge in [-0.1, -0.05) is 11.6 Å². The molecule has 0 radical (unpaired) electrons. The van der Waals surface area contributed by atoms with Crippen LogP contribution in [0.1, 0.15) is 34.3 Å². The molecule has 1 unspecified atom stereocenters. The van der Waals surface area contributed by atoms with E-state index in [0.717, 1.165) is 4.90 Å². The number of nitrogens with zero attached hydrogens (tertiary/aromatic N) is 1. The van der Waals surface area contributed by atoms with Crippen LogP contribution >= 0.6 is 11.6 Å². The SMILES string of the molecule is O=C1CCC(N2Cc3c(Cl)cc(CNC(=O)OF)c(F)c3C2=O)C(=O)N1. The highest BCUT2D eigenvalue weighted by Gasteiger charge is 2.41. The van der Waals surface area contributed by atoms with Crippen LogP contribution in [-0.2, 0) is 27.6 Å². The third-order valence-corrected chi connectivity index (χ3v) is 4.61. The number of fused-ring (bicyclic) bond motifs is 1. The molecule has 2 heterocycles. The standard InChI is InChI=1S/C15H12ClF2N3O5/c16-8-3-6(4-19-15(25)26-18)12(17)11-7(8)5-21(14(11)24)9-1-2-10(22)20-13(9)23/h3,9H,1-2,4-5H2,(H,19,25)(H,20,22,23). The molecule has 2 N–H and O–H groups in total. The topological polar surface area (TPSA) is 105 Å². The Kier molecular flexibility index (Phi) is 4.77. The van der Waals surface area contributed by atoms with E-state index in [0.29, 0.717) is 0 Å². The van der Waals surface area contributed by atoms with Gasteiger partial charge in [0.1, 0.15) is 11.9 Å². The number of hydrogen-bond acceptors (Lipinski definition) is 5. The highest BCUT2D eigenvalue weighted by molar-refractivity contribution is 6.32. The van der Waals surface area contributed by atoms with Gasteiger partial charge >= 0.3 is 6.09 Å². The molecule has 1 saturated heterocycles. The highest BCUT2D eigenvalue weighted by Crippen LogP contribution is 2.35. The van der Waals surface area contributed by atoms with Crippen molar-refractivity contribution >= 4 is 35.4 Å². The molecule has 2 aliphatic heterocycles. The first kappa shape index (κ1) is 18.1. The van der Waals surface area contributed by atoms with Crippen LogP contribution in [0.4, 0.5) is 13.7 Å². The zero-order valence-electron chi connectivity index (χ0n) is 13.1. The second-order valence-electron chi connectivity index (χ2n) is 5.80. The molecule has 26 heavy (non-hydrogen) atoms. The molecule has 1 aromatic carbocycles. The predicted molar refractivity (Wildman–Crippen MR) is 81.9 cm³/mol. The molecule has 8 nitrogen and oxygen atoms in total. The third-order valence-electron chi connectivity index (χ3n) is 4.28.